The first-order valence-corrected chi connectivity index (χ1v) is 10.2. The van der Waals surface area contributed by atoms with E-state index in [1.807, 2.05) is 86.6 Å². The number of ketones is 1. The minimum Gasteiger partial charge on any atom is -0.456 e. The number of rotatable bonds is 5. The molecular weight excluding hydrogens is 398 g/mol. The van der Waals surface area contributed by atoms with E-state index in [1.165, 1.54) is 6.92 Å². The Balaban J connectivity index is 0.000000352. The second-order valence-corrected chi connectivity index (χ2v) is 7.26. The topological polar surface area (TPSA) is 75.9 Å². The zero-order valence-electron chi connectivity index (χ0n) is 18.4. The third-order valence-electron chi connectivity index (χ3n) is 4.70. The van der Waals surface area contributed by atoms with Crippen LogP contribution in [0.1, 0.15) is 23.7 Å². The van der Waals surface area contributed by atoms with Crippen molar-refractivity contribution in [2.45, 2.75) is 20.8 Å². The molecule has 2 aromatic heterocycles. The molecule has 0 aliphatic carbocycles. The van der Waals surface area contributed by atoms with Gasteiger partial charge in [-0.2, -0.15) is 0 Å². The molecular formula is C27H25N3O2. The average Bonchev–Trinajstić information content (AvgIpc) is 2.81. The summed E-state index contributed by atoms with van der Waals surface area (Å²) in [5, 5.41) is 7.99. The van der Waals surface area contributed by atoms with Crippen molar-refractivity contribution in [1.29, 1.82) is 5.41 Å². The Hall–Kier alpha value is -4.12. The number of nitrogens with one attached hydrogen (secondary N) is 1. The molecule has 2 aromatic carbocycles. The molecule has 0 aliphatic heterocycles. The summed E-state index contributed by atoms with van der Waals surface area (Å²) >= 11 is 0. The number of aryl methyl sites for hydroxylation is 2. The van der Waals surface area contributed by atoms with E-state index in [1.54, 1.807) is 18.6 Å². The molecule has 0 unspecified atom stereocenters. The van der Waals surface area contributed by atoms with Gasteiger partial charge in [0.25, 0.3) is 0 Å². The summed E-state index contributed by atoms with van der Waals surface area (Å²) in [6, 6.07) is 23.0. The Kier molecular flexibility index (Phi) is 7.60. The molecule has 0 atom stereocenters. The lowest BCUT2D eigenvalue weighted by molar-refractivity contribution is -0.111. The summed E-state index contributed by atoms with van der Waals surface area (Å²) in [6.07, 6.45) is 5.18. The van der Waals surface area contributed by atoms with Crippen LogP contribution < -0.4 is 4.74 Å². The van der Waals surface area contributed by atoms with Gasteiger partial charge in [-0.3, -0.25) is 20.2 Å². The maximum atomic E-state index is 11.5. The molecule has 4 rings (SSSR count). The third-order valence-corrected chi connectivity index (χ3v) is 4.70. The van der Waals surface area contributed by atoms with Gasteiger partial charge in [0.1, 0.15) is 17.2 Å². The van der Waals surface area contributed by atoms with Crippen LogP contribution in [-0.2, 0) is 4.79 Å². The Bertz CT molecular complexity index is 1210. The molecule has 160 valence electrons. The second-order valence-electron chi connectivity index (χ2n) is 7.26. The monoisotopic (exact) mass is 423 g/mol. The summed E-state index contributed by atoms with van der Waals surface area (Å²) in [7, 11) is 0. The van der Waals surface area contributed by atoms with Crippen molar-refractivity contribution in [2.75, 3.05) is 0 Å². The van der Waals surface area contributed by atoms with E-state index in [9.17, 15) is 4.79 Å². The Labute approximate surface area is 188 Å². The van der Waals surface area contributed by atoms with Crippen molar-refractivity contribution in [2.24, 2.45) is 0 Å². The summed E-state index contributed by atoms with van der Waals surface area (Å²) < 4.78 is 5.82. The van der Waals surface area contributed by atoms with Gasteiger partial charge < -0.3 is 4.74 Å². The highest BCUT2D eigenvalue weighted by Gasteiger charge is 2.12. The SMILES string of the molecule is CC(=O)C(=N)c1cc(-c2cncc(Oc3ccccc3)c2)ccc1C.Cc1ccccn1. The fraction of sp³-hybridized carbons (Fsp3) is 0.111. The Morgan fingerprint density at radius 3 is 2.22 bits per heavy atom. The van der Waals surface area contributed by atoms with Gasteiger partial charge >= 0.3 is 0 Å². The molecule has 5 heteroatoms. The minimum absolute atomic E-state index is 0.0176. The fourth-order valence-electron chi connectivity index (χ4n) is 2.97. The number of ether oxygens (including phenoxy) is 1. The van der Waals surface area contributed by atoms with Gasteiger partial charge in [-0.15, -0.1) is 0 Å². The Morgan fingerprint density at radius 2 is 1.59 bits per heavy atom. The number of para-hydroxylation sites is 1. The first kappa shape index (κ1) is 22.6. The van der Waals surface area contributed by atoms with E-state index >= 15 is 0 Å². The number of pyridine rings is 2. The summed E-state index contributed by atoms with van der Waals surface area (Å²) in [4.78, 5) is 19.8. The molecule has 4 aromatic rings. The zero-order chi connectivity index (χ0) is 22.9. The average molecular weight is 424 g/mol. The number of benzene rings is 2. The number of hydrogen-bond acceptors (Lipinski definition) is 5. The Morgan fingerprint density at radius 1 is 0.844 bits per heavy atom. The van der Waals surface area contributed by atoms with E-state index < -0.39 is 0 Å². The van der Waals surface area contributed by atoms with Crippen molar-refractivity contribution >= 4 is 11.5 Å². The largest absolute Gasteiger partial charge is 0.456 e. The summed E-state index contributed by atoms with van der Waals surface area (Å²) in [6.45, 7) is 5.27. The number of carbonyl (C=O) groups is 1. The van der Waals surface area contributed by atoms with Gasteiger partial charge in [-0.05, 0) is 61.4 Å². The van der Waals surface area contributed by atoms with Crippen molar-refractivity contribution in [3.8, 4) is 22.6 Å². The van der Waals surface area contributed by atoms with Gasteiger partial charge in [0.15, 0.2) is 5.78 Å². The van der Waals surface area contributed by atoms with Gasteiger partial charge in [0.2, 0.25) is 0 Å². The third kappa shape index (κ3) is 6.19. The second kappa shape index (κ2) is 10.8. The molecule has 2 heterocycles. The molecule has 0 spiro atoms. The fourth-order valence-corrected chi connectivity index (χ4v) is 2.97. The minimum atomic E-state index is -0.250. The van der Waals surface area contributed by atoms with Crippen LogP contribution in [0, 0.1) is 19.3 Å². The maximum Gasteiger partial charge on any atom is 0.178 e. The van der Waals surface area contributed by atoms with Crippen LogP contribution in [-0.4, -0.2) is 21.5 Å². The summed E-state index contributed by atoms with van der Waals surface area (Å²) in [5.74, 6) is 1.12. The van der Waals surface area contributed by atoms with Gasteiger partial charge in [0, 0.05) is 36.1 Å². The molecule has 0 radical (unpaired) electrons. The van der Waals surface area contributed by atoms with E-state index in [4.69, 9.17) is 10.1 Å². The van der Waals surface area contributed by atoms with Gasteiger partial charge in [-0.25, -0.2) is 0 Å². The van der Waals surface area contributed by atoms with E-state index in [2.05, 4.69) is 9.97 Å². The van der Waals surface area contributed by atoms with E-state index in [0.29, 0.717) is 11.3 Å². The van der Waals surface area contributed by atoms with Crippen LogP contribution >= 0.6 is 0 Å². The van der Waals surface area contributed by atoms with E-state index in [-0.39, 0.29) is 11.5 Å². The summed E-state index contributed by atoms with van der Waals surface area (Å²) in [5.41, 5.74) is 4.38. The lowest BCUT2D eigenvalue weighted by Crippen LogP contribution is -2.11. The molecule has 0 fully saturated rings. The number of Topliss-reactive ketones (excluding diaryl/α,β-unsaturated/α-hetero) is 1. The highest BCUT2D eigenvalue weighted by Crippen LogP contribution is 2.27. The van der Waals surface area contributed by atoms with Gasteiger partial charge in [0.05, 0.1) is 6.20 Å². The lowest BCUT2D eigenvalue weighted by atomic mass is 9.96. The van der Waals surface area contributed by atoms with Crippen LogP contribution in [0.4, 0.5) is 0 Å². The highest BCUT2D eigenvalue weighted by atomic mass is 16.5. The molecule has 0 aliphatic rings. The van der Waals surface area contributed by atoms with E-state index in [0.717, 1.165) is 28.1 Å². The molecule has 5 nitrogen and oxygen atoms in total. The number of carbonyl (C=O) groups excluding carboxylic acids is 1. The lowest BCUT2D eigenvalue weighted by Gasteiger charge is -2.10. The molecule has 0 saturated carbocycles. The highest BCUT2D eigenvalue weighted by molar-refractivity contribution is 6.44. The van der Waals surface area contributed by atoms with Crippen LogP contribution in [0.15, 0.2) is 91.4 Å². The van der Waals surface area contributed by atoms with Crippen LogP contribution in [0.5, 0.6) is 11.5 Å². The van der Waals surface area contributed by atoms with Crippen molar-refractivity contribution in [3.05, 3.63) is 108 Å². The standard InChI is InChI=1S/C21H18N2O2.C6H7N/c1-14-8-9-16(11-20(14)21(22)15(2)24)17-10-19(13-23-12-17)25-18-6-4-3-5-7-18;1-6-4-2-3-5-7-6/h3-13,22H,1-2H3;2-5H,1H3. The normalized spacial score (nSPS) is 9.97. The molecule has 0 amide bonds. The number of hydrogen-bond donors (Lipinski definition) is 1. The number of nitrogens with zero attached hydrogens (tertiary/aromatic N) is 2. The predicted molar refractivity (Wildman–Crippen MR) is 127 cm³/mol. The van der Waals surface area contributed by atoms with Crippen LogP contribution in [0.2, 0.25) is 0 Å². The van der Waals surface area contributed by atoms with Crippen LogP contribution in [0.25, 0.3) is 11.1 Å². The van der Waals surface area contributed by atoms with Gasteiger partial charge in [-0.1, -0.05) is 36.4 Å². The molecule has 32 heavy (non-hydrogen) atoms. The predicted octanol–water partition coefficient (Wildman–Crippen LogP) is 6.20. The van der Waals surface area contributed by atoms with Crippen LogP contribution in [0.3, 0.4) is 0 Å². The zero-order valence-corrected chi connectivity index (χ0v) is 18.4. The first-order valence-electron chi connectivity index (χ1n) is 10.2. The number of aromatic nitrogens is 2. The smallest absolute Gasteiger partial charge is 0.178 e. The van der Waals surface area contributed by atoms with Crippen molar-refractivity contribution in [3.63, 3.8) is 0 Å². The quantitative estimate of drug-likeness (QED) is 0.388. The van der Waals surface area contributed by atoms with Crippen molar-refractivity contribution in [1.82, 2.24) is 9.97 Å². The molecule has 0 saturated heterocycles. The molecule has 0 bridgehead atoms. The van der Waals surface area contributed by atoms with Crippen molar-refractivity contribution < 1.29 is 9.53 Å². The molecule has 1 N–H and O–H groups in total. The maximum absolute atomic E-state index is 11.5. The first-order chi connectivity index (χ1) is 15.4.